The largest absolute Gasteiger partial charge is 0.250 e. The third kappa shape index (κ3) is 4.35. The van der Waals surface area contributed by atoms with Crippen molar-refractivity contribution in [3.8, 4) is 0 Å². The zero-order chi connectivity index (χ0) is 12.7. The predicted octanol–water partition coefficient (Wildman–Crippen LogP) is 2.29. The number of azide groups is 1. The second-order valence-corrected chi connectivity index (χ2v) is 6.44. The van der Waals surface area contributed by atoms with Crippen LogP contribution in [0.15, 0.2) is 21.5 Å². The van der Waals surface area contributed by atoms with Gasteiger partial charge in [0.05, 0.1) is 0 Å². The van der Waals surface area contributed by atoms with Crippen molar-refractivity contribution >= 4 is 21.4 Å². The lowest BCUT2D eigenvalue weighted by Gasteiger charge is -2.02. The van der Waals surface area contributed by atoms with Gasteiger partial charge in [0.15, 0.2) is 0 Å². The van der Waals surface area contributed by atoms with Gasteiger partial charge in [0, 0.05) is 22.9 Å². The molecular weight excluding hydrogens is 260 g/mol. The number of hydrogen-bond donors (Lipinski definition) is 1. The van der Waals surface area contributed by atoms with Crippen molar-refractivity contribution in [3.63, 3.8) is 0 Å². The van der Waals surface area contributed by atoms with Crippen LogP contribution in [0, 0.1) is 0 Å². The Bertz CT molecular complexity index is 503. The standard InChI is InChI=1S/C9H14N4O2S2/c1-2-8-4-5-9(16-8)17(14,15)12-7-3-6-11-13-10/h4-5,12H,2-3,6-7H2,1H3. The van der Waals surface area contributed by atoms with Crippen LogP contribution in [0.1, 0.15) is 18.2 Å². The van der Waals surface area contributed by atoms with E-state index in [-0.39, 0.29) is 6.54 Å². The highest BCUT2D eigenvalue weighted by Crippen LogP contribution is 2.21. The summed E-state index contributed by atoms with van der Waals surface area (Å²) in [5.74, 6) is 0. The van der Waals surface area contributed by atoms with Crippen LogP contribution in [0.25, 0.3) is 10.4 Å². The maximum atomic E-state index is 11.8. The molecule has 0 bridgehead atoms. The molecule has 6 nitrogen and oxygen atoms in total. The number of nitrogens with one attached hydrogen (secondary N) is 1. The molecule has 0 saturated heterocycles. The van der Waals surface area contributed by atoms with Gasteiger partial charge in [0.1, 0.15) is 4.21 Å². The van der Waals surface area contributed by atoms with E-state index in [1.165, 1.54) is 11.3 Å². The first-order chi connectivity index (χ1) is 8.10. The molecule has 1 aromatic heterocycles. The summed E-state index contributed by atoms with van der Waals surface area (Å²) in [6.07, 6.45) is 1.33. The van der Waals surface area contributed by atoms with Crippen LogP contribution in [-0.2, 0) is 16.4 Å². The Morgan fingerprint density at radius 1 is 1.53 bits per heavy atom. The van der Waals surface area contributed by atoms with Gasteiger partial charge in [-0.3, -0.25) is 0 Å². The van der Waals surface area contributed by atoms with Crippen molar-refractivity contribution < 1.29 is 8.42 Å². The molecule has 1 aromatic rings. The topological polar surface area (TPSA) is 94.9 Å². The number of thiophene rings is 1. The Balaban J connectivity index is 2.53. The molecule has 94 valence electrons. The van der Waals surface area contributed by atoms with E-state index in [0.717, 1.165) is 11.3 Å². The van der Waals surface area contributed by atoms with Crippen LogP contribution in [0.2, 0.25) is 0 Å². The number of sulfonamides is 1. The van der Waals surface area contributed by atoms with Crippen LogP contribution >= 0.6 is 11.3 Å². The third-order valence-corrected chi connectivity index (χ3v) is 5.22. The van der Waals surface area contributed by atoms with Gasteiger partial charge in [-0.05, 0) is 30.5 Å². The lowest BCUT2D eigenvalue weighted by molar-refractivity contribution is 0.581. The Morgan fingerprint density at radius 3 is 2.88 bits per heavy atom. The third-order valence-electron chi connectivity index (χ3n) is 2.04. The van der Waals surface area contributed by atoms with E-state index in [9.17, 15) is 8.42 Å². The molecule has 0 amide bonds. The fourth-order valence-corrected chi connectivity index (χ4v) is 3.58. The number of nitrogens with zero attached hydrogens (tertiary/aromatic N) is 3. The molecule has 0 unspecified atom stereocenters. The molecule has 0 aromatic carbocycles. The normalized spacial score (nSPS) is 11.1. The van der Waals surface area contributed by atoms with Crippen molar-refractivity contribution in [1.82, 2.24) is 4.72 Å². The van der Waals surface area contributed by atoms with E-state index in [4.69, 9.17) is 5.53 Å². The Labute approximate surface area is 104 Å². The second-order valence-electron chi connectivity index (χ2n) is 3.28. The van der Waals surface area contributed by atoms with Gasteiger partial charge in [-0.15, -0.1) is 11.3 Å². The Morgan fingerprint density at radius 2 is 2.29 bits per heavy atom. The van der Waals surface area contributed by atoms with Gasteiger partial charge in [-0.2, -0.15) is 0 Å². The maximum Gasteiger partial charge on any atom is 0.250 e. The SMILES string of the molecule is CCc1ccc(S(=O)(=O)NCCCN=[N+]=[N-])s1. The van der Waals surface area contributed by atoms with Crippen LogP contribution in [-0.4, -0.2) is 21.5 Å². The van der Waals surface area contributed by atoms with Crippen molar-refractivity contribution in [3.05, 3.63) is 27.5 Å². The van der Waals surface area contributed by atoms with E-state index in [2.05, 4.69) is 14.7 Å². The molecule has 0 spiro atoms. The van der Waals surface area contributed by atoms with Crippen LogP contribution in [0.5, 0.6) is 0 Å². The zero-order valence-corrected chi connectivity index (χ0v) is 11.1. The molecule has 1 heterocycles. The molecular formula is C9H14N4O2S2. The first-order valence-corrected chi connectivity index (χ1v) is 7.49. The zero-order valence-electron chi connectivity index (χ0n) is 9.46. The number of rotatable bonds is 7. The lowest BCUT2D eigenvalue weighted by Crippen LogP contribution is -2.24. The molecule has 1 rings (SSSR count). The predicted molar refractivity (Wildman–Crippen MR) is 67.5 cm³/mol. The molecule has 0 aliphatic carbocycles. The Kier molecular flexibility index (Phi) is 5.43. The first kappa shape index (κ1) is 14.0. The summed E-state index contributed by atoms with van der Waals surface area (Å²) in [7, 11) is -3.40. The van der Waals surface area contributed by atoms with Gasteiger partial charge in [0.2, 0.25) is 10.0 Å². The monoisotopic (exact) mass is 274 g/mol. The number of hydrogen-bond acceptors (Lipinski definition) is 4. The summed E-state index contributed by atoms with van der Waals surface area (Å²) in [6, 6.07) is 3.43. The molecule has 0 fully saturated rings. The van der Waals surface area contributed by atoms with Crippen molar-refractivity contribution in [2.75, 3.05) is 13.1 Å². The summed E-state index contributed by atoms with van der Waals surface area (Å²) in [6.45, 7) is 2.56. The highest BCUT2D eigenvalue weighted by Gasteiger charge is 2.15. The fraction of sp³-hybridized carbons (Fsp3) is 0.556. The van der Waals surface area contributed by atoms with Gasteiger partial charge in [0.25, 0.3) is 0 Å². The van der Waals surface area contributed by atoms with Crippen molar-refractivity contribution in [1.29, 1.82) is 0 Å². The van der Waals surface area contributed by atoms with Crippen LogP contribution in [0.4, 0.5) is 0 Å². The number of aryl methyl sites for hydroxylation is 1. The van der Waals surface area contributed by atoms with E-state index < -0.39 is 10.0 Å². The summed E-state index contributed by atoms with van der Waals surface area (Å²) < 4.78 is 26.4. The van der Waals surface area contributed by atoms with Gasteiger partial charge >= 0.3 is 0 Å². The highest BCUT2D eigenvalue weighted by molar-refractivity contribution is 7.91. The smallest absolute Gasteiger partial charge is 0.210 e. The highest BCUT2D eigenvalue weighted by atomic mass is 32.2. The minimum Gasteiger partial charge on any atom is -0.210 e. The molecule has 8 heteroatoms. The van der Waals surface area contributed by atoms with E-state index in [1.807, 2.05) is 13.0 Å². The summed E-state index contributed by atoms with van der Waals surface area (Å²) in [5.41, 5.74) is 8.05. The minimum absolute atomic E-state index is 0.278. The summed E-state index contributed by atoms with van der Waals surface area (Å²) in [4.78, 5) is 3.63. The fourth-order valence-electron chi connectivity index (χ4n) is 1.16. The van der Waals surface area contributed by atoms with Gasteiger partial charge in [-0.25, -0.2) is 13.1 Å². The van der Waals surface area contributed by atoms with Gasteiger partial charge < -0.3 is 0 Å². The van der Waals surface area contributed by atoms with E-state index in [0.29, 0.717) is 17.2 Å². The molecule has 0 aliphatic heterocycles. The summed E-state index contributed by atoms with van der Waals surface area (Å²) >= 11 is 1.28. The van der Waals surface area contributed by atoms with Crippen LogP contribution < -0.4 is 4.72 Å². The molecule has 0 atom stereocenters. The van der Waals surface area contributed by atoms with Crippen LogP contribution in [0.3, 0.4) is 0 Å². The molecule has 17 heavy (non-hydrogen) atoms. The van der Waals surface area contributed by atoms with E-state index in [1.54, 1.807) is 6.07 Å². The lowest BCUT2D eigenvalue weighted by atomic mass is 10.4. The molecule has 0 aliphatic rings. The second kappa shape index (κ2) is 6.61. The average molecular weight is 274 g/mol. The summed E-state index contributed by atoms with van der Waals surface area (Å²) in [5, 5.41) is 3.33. The average Bonchev–Trinajstić information content (AvgIpc) is 2.78. The van der Waals surface area contributed by atoms with Gasteiger partial charge in [-0.1, -0.05) is 12.0 Å². The Hall–Kier alpha value is -1.08. The first-order valence-electron chi connectivity index (χ1n) is 5.19. The van der Waals surface area contributed by atoms with Crippen molar-refractivity contribution in [2.24, 2.45) is 5.11 Å². The van der Waals surface area contributed by atoms with E-state index >= 15 is 0 Å². The van der Waals surface area contributed by atoms with Crippen molar-refractivity contribution in [2.45, 2.75) is 24.0 Å². The molecule has 0 saturated carbocycles. The maximum absolute atomic E-state index is 11.8. The molecule has 0 radical (unpaired) electrons. The molecule has 1 N–H and O–H groups in total. The quantitative estimate of drug-likeness (QED) is 0.357. The minimum atomic E-state index is -3.40.